The monoisotopic (exact) mass is 354 g/mol. The van der Waals surface area contributed by atoms with E-state index in [0.717, 1.165) is 30.2 Å². The fraction of sp³-hybridized carbons (Fsp3) is 0.611. The van der Waals surface area contributed by atoms with Crippen LogP contribution < -0.4 is 4.31 Å². The van der Waals surface area contributed by atoms with E-state index in [4.69, 9.17) is 0 Å². The van der Waals surface area contributed by atoms with Gasteiger partial charge in [0, 0.05) is 13.1 Å². The molecule has 0 aliphatic rings. The number of rotatable bonds is 9. The lowest BCUT2D eigenvalue weighted by atomic mass is 10.1. The summed E-state index contributed by atoms with van der Waals surface area (Å²) >= 11 is 0. The highest BCUT2D eigenvalue weighted by Crippen LogP contribution is 2.27. The molecular weight excluding hydrogens is 324 g/mol. The van der Waals surface area contributed by atoms with Gasteiger partial charge in [-0.2, -0.15) is 0 Å². The van der Waals surface area contributed by atoms with Crippen molar-refractivity contribution in [2.75, 3.05) is 30.2 Å². The van der Waals surface area contributed by atoms with E-state index in [-0.39, 0.29) is 12.5 Å². The minimum absolute atomic E-state index is 0.142. The van der Waals surface area contributed by atoms with Gasteiger partial charge in [0.1, 0.15) is 6.54 Å². The maximum absolute atomic E-state index is 12.7. The Bertz CT molecular complexity index is 650. The van der Waals surface area contributed by atoms with Crippen LogP contribution in [0.25, 0.3) is 0 Å². The van der Waals surface area contributed by atoms with E-state index in [9.17, 15) is 13.2 Å². The quantitative estimate of drug-likeness (QED) is 0.685. The van der Waals surface area contributed by atoms with Crippen molar-refractivity contribution in [1.29, 1.82) is 0 Å². The van der Waals surface area contributed by atoms with Crippen molar-refractivity contribution < 1.29 is 13.2 Å². The maximum Gasteiger partial charge on any atom is 0.243 e. The van der Waals surface area contributed by atoms with Gasteiger partial charge in [-0.05, 0) is 37.3 Å². The predicted octanol–water partition coefficient (Wildman–Crippen LogP) is 2.97. The number of carbonyl (C=O) groups is 1. The first kappa shape index (κ1) is 20.5. The Morgan fingerprint density at radius 2 is 1.67 bits per heavy atom. The Morgan fingerprint density at radius 3 is 2.12 bits per heavy atom. The van der Waals surface area contributed by atoms with Gasteiger partial charge in [-0.15, -0.1) is 0 Å². The van der Waals surface area contributed by atoms with Crippen LogP contribution in [0.5, 0.6) is 0 Å². The summed E-state index contributed by atoms with van der Waals surface area (Å²) in [6, 6.07) is 5.72. The van der Waals surface area contributed by atoms with Gasteiger partial charge in [0.25, 0.3) is 0 Å². The molecular formula is C18H30N2O3S. The molecule has 0 radical (unpaired) electrons. The molecule has 1 aromatic rings. The molecule has 0 bridgehead atoms. The maximum atomic E-state index is 12.7. The lowest BCUT2D eigenvalue weighted by Gasteiger charge is -2.29. The minimum atomic E-state index is -3.55. The standard InChI is InChI=1S/C18H30N2O3S/c1-6-12-19(13-7-2)17(21)14-20(24(5,22)23)18-15(4)10-9-11-16(18)8-3/h9-11H,6-8,12-14H2,1-5H3. The number of aryl methyl sites for hydroxylation is 2. The number of sulfonamides is 1. The fourth-order valence-electron chi connectivity index (χ4n) is 2.85. The summed E-state index contributed by atoms with van der Waals surface area (Å²) in [4.78, 5) is 14.4. The fourth-order valence-corrected chi connectivity index (χ4v) is 3.79. The second-order valence-corrected chi connectivity index (χ2v) is 7.99. The topological polar surface area (TPSA) is 57.7 Å². The zero-order chi connectivity index (χ0) is 18.3. The van der Waals surface area contributed by atoms with E-state index >= 15 is 0 Å². The molecule has 0 saturated carbocycles. The molecule has 24 heavy (non-hydrogen) atoms. The van der Waals surface area contributed by atoms with Gasteiger partial charge < -0.3 is 4.90 Å². The van der Waals surface area contributed by atoms with Crippen molar-refractivity contribution in [3.8, 4) is 0 Å². The normalized spacial score (nSPS) is 11.4. The Kier molecular flexibility index (Phi) is 7.73. The molecule has 1 aromatic carbocycles. The average molecular weight is 355 g/mol. The summed E-state index contributed by atoms with van der Waals surface area (Å²) in [5.74, 6) is -0.144. The van der Waals surface area contributed by atoms with Gasteiger partial charge in [0.05, 0.1) is 11.9 Å². The SMILES string of the molecule is CCCN(CCC)C(=O)CN(c1c(C)cccc1CC)S(C)(=O)=O. The van der Waals surface area contributed by atoms with Gasteiger partial charge in [-0.25, -0.2) is 8.42 Å². The number of nitrogens with zero attached hydrogens (tertiary/aromatic N) is 2. The summed E-state index contributed by atoms with van der Waals surface area (Å²) in [5, 5.41) is 0. The van der Waals surface area contributed by atoms with Crippen LogP contribution in [-0.4, -0.2) is 45.1 Å². The van der Waals surface area contributed by atoms with E-state index in [0.29, 0.717) is 25.2 Å². The van der Waals surface area contributed by atoms with Crippen LogP contribution in [0.4, 0.5) is 5.69 Å². The third kappa shape index (κ3) is 5.23. The minimum Gasteiger partial charge on any atom is -0.341 e. The zero-order valence-electron chi connectivity index (χ0n) is 15.5. The number of carbonyl (C=O) groups excluding carboxylic acids is 1. The zero-order valence-corrected chi connectivity index (χ0v) is 16.3. The summed E-state index contributed by atoms with van der Waals surface area (Å²) in [6.45, 7) is 9.06. The highest BCUT2D eigenvalue weighted by atomic mass is 32.2. The molecule has 0 heterocycles. The van der Waals surface area contributed by atoms with Crippen molar-refractivity contribution in [2.24, 2.45) is 0 Å². The first-order chi connectivity index (χ1) is 11.3. The molecule has 0 saturated heterocycles. The van der Waals surface area contributed by atoms with Gasteiger partial charge in [-0.3, -0.25) is 9.10 Å². The Morgan fingerprint density at radius 1 is 1.08 bits per heavy atom. The van der Waals surface area contributed by atoms with Gasteiger partial charge in [-0.1, -0.05) is 39.0 Å². The summed E-state index contributed by atoms with van der Waals surface area (Å²) in [6.07, 6.45) is 3.59. The van der Waals surface area contributed by atoms with E-state index in [1.54, 1.807) is 4.90 Å². The summed E-state index contributed by atoms with van der Waals surface area (Å²) in [5.41, 5.74) is 2.44. The van der Waals surface area contributed by atoms with Crippen LogP contribution in [0.2, 0.25) is 0 Å². The highest BCUT2D eigenvalue weighted by molar-refractivity contribution is 7.92. The van der Waals surface area contributed by atoms with E-state index in [1.165, 1.54) is 4.31 Å². The second kappa shape index (κ2) is 9.06. The van der Waals surface area contributed by atoms with Gasteiger partial charge >= 0.3 is 0 Å². The molecule has 0 aliphatic carbocycles. The van der Waals surface area contributed by atoms with Crippen LogP contribution >= 0.6 is 0 Å². The lowest BCUT2D eigenvalue weighted by Crippen LogP contribution is -2.43. The van der Waals surface area contributed by atoms with Crippen molar-refractivity contribution in [3.63, 3.8) is 0 Å². The van der Waals surface area contributed by atoms with Gasteiger partial charge in [0.15, 0.2) is 0 Å². The third-order valence-corrected chi connectivity index (χ3v) is 5.08. The smallest absolute Gasteiger partial charge is 0.243 e. The lowest BCUT2D eigenvalue weighted by molar-refractivity contribution is -0.129. The van der Waals surface area contributed by atoms with E-state index in [1.807, 2.05) is 45.9 Å². The molecule has 6 heteroatoms. The molecule has 5 nitrogen and oxygen atoms in total. The number of anilines is 1. The van der Waals surface area contributed by atoms with Crippen LogP contribution in [0.3, 0.4) is 0 Å². The second-order valence-electron chi connectivity index (χ2n) is 6.09. The Hall–Kier alpha value is -1.56. The molecule has 1 rings (SSSR count). The predicted molar refractivity (Wildman–Crippen MR) is 99.9 cm³/mol. The van der Waals surface area contributed by atoms with Crippen LogP contribution in [-0.2, 0) is 21.2 Å². The van der Waals surface area contributed by atoms with Crippen LogP contribution in [0.1, 0.15) is 44.7 Å². The largest absolute Gasteiger partial charge is 0.341 e. The molecule has 0 fully saturated rings. The third-order valence-electron chi connectivity index (χ3n) is 3.97. The number of para-hydroxylation sites is 1. The van der Waals surface area contributed by atoms with Crippen molar-refractivity contribution >= 4 is 21.6 Å². The number of hydrogen-bond donors (Lipinski definition) is 0. The molecule has 0 aliphatic heterocycles. The Balaban J connectivity index is 3.24. The summed E-state index contributed by atoms with van der Waals surface area (Å²) in [7, 11) is -3.55. The molecule has 0 unspecified atom stereocenters. The molecule has 0 spiro atoms. The molecule has 1 amide bonds. The van der Waals surface area contributed by atoms with Gasteiger partial charge in [0.2, 0.25) is 15.9 Å². The first-order valence-electron chi connectivity index (χ1n) is 8.60. The average Bonchev–Trinajstić information content (AvgIpc) is 2.51. The van der Waals surface area contributed by atoms with E-state index < -0.39 is 10.0 Å². The van der Waals surface area contributed by atoms with Crippen LogP contribution in [0, 0.1) is 6.92 Å². The molecule has 0 N–H and O–H groups in total. The van der Waals surface area contributed by atoms with Crippen molar-refractivity contribution in [1.82, 2.24) is 4.90 Å². The molecule has 136 valence electrons. The number of hydrogen-bond acceptors (Lipinski definition) is 3. The highest BCUT2D eigenvalue weighted by Gasteiger charge is 2.26. The molecule has 0 aromatic heterocycles. The van der Waals surface area contributed by atoms with Crippen molar-refractivity contribution in [3.05, 3.63) is 29.3 Å². The van der Waals surface area contributed by atoms with E-state index in [2.05, 4.69) is 0 Å². The first-order valence-corrected chi connectivity index (χ1v) is 10.4. The van der Waals surface area contributed by atoms with Crippen molar-refractivity contribution in [2.45, 2.75) is 47.0 Å². The number of amides is 1. The van der Waals surface area contributed by atoms with Crippen LogP contribution in [0.15, 0.2) is 18.2 Å². The number of benzene rings is 1. The molecule has 0 atom stereocenters. The summed E-state index contributed by atoms with van der Waals surface area (Å²) < 4.78 is 26.0. The Labute approximate surface area is 146 Å².